The van der Waals surface area contributed by atoms with Crippen LogP contribution in [0, 0.1) is 0 Å². The van der Waals surface area contributed by atoms with Gasteiger partial charge in [-0.3, -0.25) is 0 Å². The second-order valence-corrected chi connectivity index (χ2v) is 6.88. The van der Waals surface area contributed by atoms with Gasteiger partial charge in [-0.2, -0.15) is 0 Å². The largest absolute Gasteiger partial charge is 0.241 e. The number of halogens is 2. The number of hydrogen-bond donors (Lipinski definition) is 0. The monoisotopic (exact) mass is 365 g/mol. The molecule has 102 valence electrons. The highest BCUT2D eigenvalue weighted by molar-refractivity contribution is 9.09. The van der Waals surface area contributed by atoms with Gasteiger partial charge in [-0.25, -0.2) is 4.98 Å². The SMILES string of the molecule is Clc1ccc(C(CBr)Cc2nc3ccccc3s2)cc1. The Bertz CT molecular complexity index is 675. The van der Waals surface area contributed by atoms with Gasteiger partial charge >= 0.3 is 0 Å². The van der Waals surface area contributed by atoms with Crippen molar-refractivity contribution >= 4 is 49.1 Å². The van der Waals surface area contributed by atoms with Crippen molar-refractivity contribution in [3.8, 4) is 0 Å². The molecule has 3 aromatic rings. The van der Waals surface area contributed by atoms with Crippen molar-refractivity contribution in [2.24, 2.45) is 0 Å². The number of thiazole rings is 1. The van der Waals surface area contributed by atoms with Crippen LogP contribution >= 0.6 is 38.9 Å². The van der Waals surface area contributed by atoms with Gasteiger partial charge in [-0.05, 0) is 35.7 Å². The summed E-state index contributed by atoms with van der Waals surface area (Å²) in [4.78, 5) is 4.72. The zero-order valence-electron chi connectivity index (χ0n) is 10.7. The van der Waals surface area contributed by atoms with Gasteiger partial charge in [0.05, 0.1) is 15.2 Å². The number of para-hydroxylation sites is 1. The van der Waals surface area contributed by atoms with Crippen molar-refractivity contribution in [3.63, 3.8) is 0 Å². The van der Waals surface area contributed by atoms with Gasteiger partial charge in [0.1, 0.15) is 0 Å². The number of hydrogen-bond acceptors (Lipinski definition) is 2. The average molecular weight is 367 g/mol. The fourth-order valence-corrected chi connectivity index (χ4v) is 3.99. The summed E-state index contributed by atoms with van der Waals surface area (Å²) in [6, 6.07) is 16.4. The van der Waals surface area contributed by atoms with Crippen LogP contribution in [0.5, 0.6) is 0 Å². The van der Waals surface area contributed by atoms with E-state index >= 15 is 0 Å². The second-order valence-electron chi connectivity index (χ2n) is 4.68. The highest BCUT2D eigenvalue weighted by Gasteiger charge is 2.14. The maximum absolute atomic E-state index is 5.95. The summed E-state index contributed by atoms with van der Waals surface area (Å²) in [5, 5.41) is 2.89. The van der Waals surface area contributed by atoms with Gasteiger partial charge in [-0.15, -0.1) is 11.3 Å². The first-order valence-corrected chi connectivity index (χ1v) is 8.74. The van der Waals surface area contributed by atoms with E-state index in [0.717, 1.165) is 22.3 Å². The van der Waals surface area contributed by atoms with Gasteiger partial charge in [0, 0.05) is 16.8 Å². The van der Waals surface area contributed by atoms with Crippen LogP contribution < -0.4 is 0 Å². The normalized spacial score (nSPS) is 12.7. The lowest BCUT2D eigenvalue weighted by Gasteiger charge is -2.12. The van der Waals surface area contributed by atoms with E-state index in [-0.39, 0.29) is 0 Å². The molecule has 20 heavy (non-hydrogen) atoms. The van der Waals surface area contributed by atoms with E-state index in [4.69, 9.17) is 16.6 Å². The van der Waals surface area contributed by atoms with Crippen LogP contribution in [0.15, 0.2) is 48.5 Å². The van der Waals surface area contributed by atoms with E-state index in [1.165, 1.54) is 15.3 Å². The molecule has 1 nitrogen and oxygen atoms in total. The molecular weight excluding hydrogens is 354 g/mol. The topological polar surface area (TPSA) is 12.9 Å². The van der Waals surface area contributed by atoms with Crippen LogP contribution in [0.1, 0.15) is 16.5 Å². The van der Waals surface area contributed by atoms with E-state index in [1.54, 1.807) is 11.3 Å². The van der Waals surface area contributed by atoms with E-state index < -0.39 is 0 Å². The Labute approximate surface area is 135 Å². The average Bonchev–Trinajstić information content (AvgIpc) is 2.88. The van der Waals surface area contributed by atoms with E-state index in [9.17, 15) is 0 Å². The summed E-state index contributed by atoms with van der Waals surface area (Å²) in [5.74, 6) is 0.424. The van der Waals surface area contributed by atoms with Crippen molar-refractivity contribution in [3.05, 3.63) is 64.1 Å². The quantitative estimate of drug-likeness (QED) is 0.542. The molecule has 1 heterocycles. The molecule has 0 aliphatic carbocycles. The van der Waals surface area contributed by atoms with Crippen molar-refractivity contribution in [1.82, 2.24) is 4.98 Å². The second kappa shape index (κ2) is 6.25. The summed E-state index contributed by atoms with van der Waals surface area (Å²) in [7, 11) is 0. The first-order chi connectivity index (χ1) is 9.76. The molecule has 0 saturated carbocycles. The molecule has 0 bridgehead atoms. The highest BCUT2D eigenvalue weighted by Crippen LogP contribution is 2.29. The number of benzene rings is 2. The molecule has 0 N–H and O–H groups in total. The molecule has 1 aromatic heterocycles. The fraction of sp³-hybridized carbons (Fsp3) is 0.188. The van der Waals surface area contributed by atoms with Crippen molar-refractivity contribution in [1.29, 1.82) is 0 Å². The number of nitrogens with zero attached hydrogens (tertiary/aromatic N) is 1. The van der Waals surface area contributed by atoms with Gasteiger partial charge in [0.2, 0.25) is 0 Å². The molecule has 0 spiro atoms. The van der Waals surface area contributed by atoms with Crippen molar-refractivity contribution in [2.75, 3.05) is 5.33 Å². The van der Waals surface area contributed by atoms with E-state index in [0.29, 0.717) is 5.92 Å². The number of fused-ring (bicyclic) bond motifs is 1. The van der Waals surface area contributed by atoms with Crippen molar-refractivity contribution < 1.29 is 0 Å². The maximum atomic E-state index is 5.95. The minimum Gasteiger partial charge on any atom is -0.241 e. The van der Waals surface area contributed by atoms with Crippen molar-refractivity contribution in [2.45, 2.75) is 12.3 Å². The Morgan fingerprint density at radius 3 is 2.55 bits per heavy atom. The molecule has 0 saturated heterocycles. The zero-order valence-corrected chi connectivity index (χ0v) is 13.9. The Hall–Kier alpha value is -0.900. The Balaban J connectivity index is 1.85. The molecule has 2 aromatic carbocycles. The third-order valence-electron chi connectivity index (χ3n) is 3.29. The lowest BCUT2D eigenvalue weighted by atomic mass is 9.98. The van der Waals surface area contributed by atoms with Crippen LogP contribution in [0.3, 0.4) is 0 Å². The summed E-state index contributed by atoms with van der Waals surface area (Å²) >= 11 is 11.3. The zero-order chi connectivity index (χ0) is 13.9. The molecule has 1 unspecified atom stereocenters. The van der Waals surface area contributed by atoms with Crippen LogP contribution in [0.4, 0.5) is 0 Å². The molecule has 4 heteroatoms. The van der Waals surface area contributed by atoms with Crippen LogP contribution in [-0.2, 0) is 6.42 Å². The molecule has 3 rings (SSSR count). The molecule has 1 atom stereocenters. The predicted octanol–water partition coefficient (Wildman–Crippen LogP) is 5.67. The lowest BCUT2D eigenvalue weighted by Crippen LogP contribution is -2.04. The van der Waals surface area contributed by atoms with Crippen LogP contribution in [0.2, 0.25) is 5.02 Å². The Morgan fingerprint density at radius 1 is 1.10 bits per heavy atom. The third-order valence-corrected chi connectivity index (χ3v) is 5.38. The molecule has 0 fully saturated rings. The smallest absolute Gasteiger partial charge is 0.0945 e. The number of rotatable bonds is 4. The minimum absolute atomic E-state index is 0.424. The molecule has 0 aliphatic rings. The minimum atomic E-state index is 0.424. The third kappa shape index (κ3) is 3.05. The summed E-state index contributed by atoms with van der Waals surface area (Å²) in [5.41, 5.74) is 2.39. The Morgan fingerprint density at radius 2 is 1.85 bits per heavy atom. The van der Waals surface area contributed by atoms with Gasteiger partial charge in [-0.1, -0.05) is 51.8 Å². The molecule has 0 aliphatic heterocycles. The lowest BCUT2D eigenvalue weighted by molar-refractivity contribution is 0.772. The predicted molar refractivity (Wildman–Crippen MR) is 91.3 cm³/mol. The molecular formula is C16H13BrClNS. The van der Waals surface area contributed by atoms with Crippen LogP contribution in [0.25, 0.3) is 10.2 Å². The Kier molecular flexibility index (Phi) is 4.39. The molecule has 0 amide bonds. The number of alkyl halides is 1. The first-order valence-electron chi connectivity index (χ1n) is 6.42. The fourth-order valence-electron chi connectivity index (χ4n) is 2.21. The summed E-state index contributed by atoms with van der Waals surface area (Å²) in [6.45, 7) is 0. The standard InChI is InChI=1S/C16H13BrClNS/c17-10-12(11-5-7-13(18)8-6-11)9-16-19-14-3-1-2-4-15(14)20-16/h1-8,12H,9-10H2. The highest BCUT2D eigenvalue weighted by atomic mass is 79.9. The summed E-state index contributed by atoms with van der Waals surface area (Å²) in [6.07, 6.45) is 0.951. The maximum Gasteiger partial charge on any atom is 0.0945 e. The molecule has 0 radical (unpaired) electrons. The van der Waals surface area contributed by atoms with Gasteiger partial charge in [0.25, 0.3) is 0 Å². The van der Waals surface area contributed by atoms with Crippen LogP contribution in [-0.4, -0.2) is 10.3 Å². The number of aromatic nitrogens is 1. The first kappa shape index (κ1) is 14.1. The van der Waals surface area contributed by atoms with Gasteiger partial charge < -0.3 is 0 Å². The van der Waals surface area contributed by atoms with E-state index in [1.807, 2.05) is 18.2 Å². The summed E-state index contributed by atoms with van der Waals surface area (Å²) < 4.78 is 1.26. The van der Waals surface area contributed by atoms with Gasteiger partial charge in [0.15, 0.2) is 0 Å². The van der Waals surface area contributed by atoms with E-state index in [2.05, 4.69) is 46.3 Å².